The van der Waals surface area contributed by atoms with Gasteiger partial charge in [-0.25, -0.2) is 4.99 Å². The van der Waals surface area contributed by atoms with Crippen LogP contribution in [0.3, 0.4) is 0 Å². The average molecular weight is 557 g/mol. The highest BCUT2D eigenvalue weighted by Gasteiger charge is 2.31. The molecule has 2 aromatic rings. The second-order valence-corrected chi connectivity index (χ2v) is 8.85. The molecule has 3 rings (SSSR count). The third-order valence-corrected chi connectivity index (χ3v) is 6.58. The molecule has 0 saturated carbocycles. The quantitative estimate of drug-likeness (QED) is 0.258. The van der Waals surface area contributed by atoms with Crippen LogP contribution in [0.15, 0.2) is 46.8 Å². The van der Waals surface area contributed by atoms with Gasteiger partial charge in [-0.05, 0) is 68.8 Å². The van der Waals surface area contributed by atoms with Gasteiger partial charge in [-0.3, -0.25) is 4.90 Å². The summed E-state index contributed by atoms with van der Waals surface area (Å²) in [5.41, 5.74) is 2.41. The van der Waals surface area contributed by atoms with Gasteiger partial charge in [-0.15, -0.1) is 35.3 Å². The highest BCUT2D eigenvalue weighted by atomic mass is 127. The van der Waals surface area contributed by atoms with Gasteiger partial charge in [0, 0.05) is 30.6 Å². The molecule has 1 aromatic heterocycles. The molecular formula is C24H37IN4OS. The number of piperidine rings is 1. The maximum atomic E-state index is 5.47. The number of nitrogens with one attached hydrogen (secondary N) is 2. The second-order valence-electron chi connectivity index (χ2n) is 7.87. The first-order chi connectivity index (χ1) is 14.7. The van der Waals surface area contributed by atoms with E-state index in [-0.39, 0.29) is 24.0 Å². The summed E-state index contributed by atoms with van der Waals surface area (Å²) in [6.45, 7) is 9.19. The Bertz CT molecular complexity index is 766. The van der Waals surface area contributed by atoms with E-state index >= 15 is 0 Å². The van der Waals surface area contributed by atoms with Crippen LogP contribution < -0.4 is 10.6 Å². The summed E-state index contributed by atoms with van der Waals surface area (Å²) < 4.78 is 5.47. The summed E-state index contributed by atoms with van der Waals surface area (Å²) in [4.78, 5) is 8.80. The molecule has 0 amide bonds. The van der Waals surface area contributed by atoms with E-state index in [1.165, 1.54) is 35.4 Å². The number of hydrogen-bond acceptors (Lipinski definition) is 4. The molecule has 31 heavy (non-hydrogen) atoms. The van der Waals surface area contributed by atoms with Crippen LogP contribution >= 0.6 is 35.3 Å². The molecule has 0 radical (unpaired) electrons. The topological polar surface area (TPSA) is 48.9 Å². The first-order valence-electron chi connectivity index (χ1n) is 11.1. The van der Waals surface area contributed by atoms with Crippen LogP contribution in [0, 0.1) is 5.92 Å². The van der Waals surface area contributed by atoms with Crippen LogP contribution in [0.5, 0.6) is 0 Å². The zero-order valence-corrected chi connectivity index (χ0v) is 22.1. The van der Waals surface area contributed by atoms with Crippen molar-refractivity contribution >= 4 is 41.3 Å². The van der Waals surface area contributed by atoms with Crippen molar-refractivity contribution in [1.29, 1.82) is 0 Å². The summed E-state index contributed by atoms with van der Waals surface area (Å²) >= 11 is 1.87. The number of halogens is 1. The number of aliphatic imine (C=N–C) groups is 1. The first kappa shape index (κ1) is 26.1. The SMILES string of the molecule is CCNC(=NCc1ccc(COCC)cc1)NCC1CCCN(C)C1c1cccs1.I. The van der Waals surface area contributed by atoms with Crippen LogP contribution in [0.2, 0.25) is 0 Å². The molecule has 1 aliphatic rings. The smallest absolute Gasteiger partial charge is 0.191 e. The van der Waals surface area contributed by atoms with Gasteiger partial charge >= 0.3 is 0 Å². The Kier molecular flexibility index (Phi) is 11.9. The Balaban J connectivity index is 0.00000341. The second kappa shape index (κ2) is 14.1. The highest BCUT2D eigenvalue weighted by Crippen LogP contribution is 2.36. The number of rotatable bonds is 9. The Morgan fingerprint density at radius 1 is 1.16 bits per heavy atom. The Morgan fingerprint density at radius 3 is 2.61 bits per heavy atom. The molecule has 7 heteroatoms. The van der Waals surface area contributed by atoms with Gasteiger partial charge in [0.2, 0.25) is 0 Å². The molecule has 1 aliphatic heterocycles. The molecule has 172 valence electrons. The van der Waals surface area contributed by atoms with E-state index in [9.17, 15) is 0 Å². The standard InChI is InChI=1S/C24H36N4OS.HI/c1-4-25-24(26-16-19-10-12-20(13-11-19)18-29-5-2)27-17-21-8-6-14-28(3)23(21)22-9-7-15-30-22;/h7,9-13,15,21,23H,4-6,8,14,16-18H2,1-3H3,(H2,25,26,27);1H. The van der Waals surface area contributed by atoms with Crippen LogP contribution in [0.4, 0.5) is 0 Å². The molecule has 0 aliphatic carbocycles. The third kappa shape index (κ3) is 8.04. The number of thiophene rings is 1. The van der Waals surface area contributed by atoms with Crippen molar-refractivity contribution in [2.24, 2.45) is 10.9 Å². The Morgan fingerprint density at radius 2 is 1.94 bits per heavy atom. The summed E-state index contributed by atoms with van der Waals surface area (Å²) in [5, 5.41) is 9.20. The summed E-state index contributed by atoms with van der Waals surface area (Å²) in [6.07, 6.45) is 2.51. The van der Waals surface area contributed by atoms with Crippen molar-refractivity contribution in [3.05, 3.63) is 57.8 Å². The van der Waals surface area contributed by atoms with Crippen molar-refractivity contribution in [3.63, 3.8) is 0 Å². The van der Waals surface area contributed by atoms with Gasteiger partial charge in [0.1, 0.15) is 0 Å². The van der Waals surface area contributed by atoms with E-state index in [1.807, 2.05) is 18.3 Å². The number of hydrogen-bond donors (Lipinski definition) is 2. The van der Waals surface area contributed by atoms with Crippen LogP contribution in [-0.4, -0.2) is 44.1 Å². The Labute approximate surface area is 208 Å². The summed E-state index contributed by atoms with van der Waals surface area (Å²) in [7, 11) is 2.26. The zero-order valence-electron chi connectivity index (χ0n) is 19.0. The molecular weight excluding hydrogens is 519 g/mol. The molecule has 2 N–H and O–H groups in total. The predicted octanol–water partition coefficient (Wildman–Crippen LogP) is 5.04. The van der Waals surface area contributed by atoms with Crippen molar-refractivity contribution in [1.82, 2.24) is 15.5 Å². The first-order valence-corrected chi connectivity index (χ1v) is 12.0. The molecule has 1 fully saturated rings. The van der Waals surface area contributed by atoms with E-state index in [2.05, 4.69) is 71.3 Å². The van der Waals surface area contributed by atoms with E-state index in [4.69, 9.17) is 9.73 Å². The molecule has 2 unspecified atom stereocenters. The minimum Gasteiger partial charge on any atom is -0.377 e. The molecule has 2 heterocycles. The van der Waals surface area contributed by atoms with Crippen LogP contribution in [-0.2, 0) is 17.9 Å². The van der Waals surface area contributed by atoms with Crippen LogP contribution in [0.25, 0.3) is 0 Å². The lowest BCUT2D eigenvalue weighted by Gasteiger charge is -2.39. The fourth-order valence-corrected chi connectivity index (χ4v) is 5.07. The van der Waals surface area contributed by atoms with Crippen molar-refractivity contribution in [3.8, 4) is 0 Å². The van der Waals surface area contributed by atoms with Gasteiger partial charge < -0.3 is 15.4 Å². The van der Waals surface area contributed by atoms with Gasteiger partial charge in [0.15, 0.2) is 5.96 Å². The lowest BCUT2D eigenvalue weighted by molar-refractivity contribution is 0.125. The lowest BCUT2D eigenvalue weighted by atomic mass is 9.88. The normalized spacial score (nSPS) is 19.6. The maximum absolute atomic E-state index is 5.47. The minimum absolute atomic E-state index is 0. The Hall–Kier alpha value is -1.16. The number of likely N-dealkylation sites (tertiary alicyclic amines) is 1. The lowest BCUT2D eigenvalue weighted by Crippen LogP contribution is -2.44. The van der Waals surface area contributed by atoms with Gasteiger partial charge in [-0.2, -0.15) is 0 Å². The maximum Gasteiger partial charge on any atom is 0.191 e. The van der Waals surface area contributed by atoms with Gasteiger partial charge in [-0.1, -0.05) is 30.3 Å². The molecule has 5 nitrogen and oxygen atoms in total. The minimum atomic E-state index is 0. The number of nitrogens with zero attached hydrogens (tertiary/aromatic N) is 2. The van der Waals surface area contributed by atoms with Crippen molar-refractivity contribution in [2.45, 2.75) is 45.9 Å². The summed E-state index contributed by atoms with van der Waals surface area (Å²) in [5.74, 6) is 1.48. The fraction of sp³-hybridized carbons (Fsp3) is 0.542. The van der Waals surface area contributed by atoms with Crippen molar-refractivity contribution < 1.29 is 4.74 Å². The van der Waals surface area contributed by atoms with E-state index in [1.54, 1.807) is 0 Å². The van der Waals surface area contributed by atoms with Crippen molar-refractivity contribution in [2.75, 3.05) is 33.3 Å². The summed E-state index contributed by atoms with van der Waals surface area (Å²) in [6, 6.07) is 13.5. The fourth-order valence-electron chi connectivity index (χ4n) is 4.08. The highest BCUT2D eigenvalue weighted by molar-refractivity contribution is 14.0. The molecule has 1 aromatic carbocycles. The van der Waals surface area contributed by atoms with E-state index < -0.39 is 0 Å². The predicted molar refractivity (Wildman–Crippen MR) is 142 cm³/mol. The van der Waals surface area contributed by atoms with Crippen LogP contribution in [0.1, 0.15) is 48.7 Å². The van der Waals surface area contributed by atoms with Gasteiger partial charge in [0.05, 0.1) is 13.2 Å². The third-order valence-electron chi connectivity index (χ3n) is 5.63. The molecule has 0 spiro atoms. The van der Waals surface area contributed by atoms with E-state index in [0.717, 1.165) is 25.7 Å². The number of ether oxygens (including phenoxy) is 1. The molecule has 0 bridgehead atoms. The molecule has 2 atom stereocenters. The number of guanidine groups is 1. The monoisotopic (exact) mass is 556 g/mol. The largest absolute Gasteiger partial charge is 0.377 e. The van der Waals surface area contributed by atoms with Gasteiger partial charge in [0.25, 0.3) is 0 Å². The van der Waals surface area contributed by atoms with E-state index in [0.29, 0.717) is 25.1 Å². The average Bonchev–Trinajstić information content (AvgIpc) is 3.29. The zero-order chi connectivity index (χ0) is 21.2. The number of benzene rings is 1. The molecule has 1 saturated heterocycles.